The van der Waals surface area contributed by atoms with Crippen LogP contribution in [0.4, 0.5) is 34.1 Å². The molecule has 1 saturated heterocycles. The van der Waals surface area contributed by atoms with Crippen molar-refractivity contribution in [1.82, 2.24) is 0 Å². The molecule has 12 nitrogen and oxygen atoms in total. The molecule has 1 aliphatic heterocycles. The van der Waals surface area contributed by atoms with E-state index in [0.717, 1.165) is 0 Å². The van der Waals surface area contributed by atoms with Gasteiger partial charge in [-0.3, -0.25) is 0 Å². The van der Waals surface area contributed by atoms with Gasteiger partial charge in [-0.15, -0.1) is 0 Å². The zero-order valence-electron chi connectivity index (χ0n) is 26.8. The summed E-state index contributed by atoms with van der Waals surface area (Å²) in [5, 5.41) is 58.8. The zero-order valence-corrected chi connectivity index (χ0v) is 26.8. The normalized spacial score (nSPS) is 13.5. The van der Waals surface area contributed by atoms with Gasteiger partial charge in [-0.2, -0.15) is 30.7 Å². The number of aromatic hydroxyl groups is 3. The SMILES string of the molecule is Oc1ccc(N=Nc2ccccc2)cc1B1OB(c2cc(N=Nc3ccccc3)ccc2O)OB(c2cc(N=Nc3ccccc3)ccc2O)O1. The third-order valence-electron chi connectivity index (χ3n) is 7.65. The molecule has 51 heavy (non-hydrogen) atoms. The molecular formula is C36H27B3N6O6. The Labute approximate surface area is 293 Å². The second-order valence-corrected chi connectivity index (χ2v) is 11.2. The second-order valence-electron chi connectivity index (χ2n) is 11.2. The maximum Gasteiger partial charge on any atom is 0.470 e. The number of phenolic OH excluding ortho intramolecular Hbond substituents is 3. The van der Waals surface area contributed by atoms with Gasteiger partial charge in [0.1, 0.15) is 17.2 Å². The average molecular weight is 672 g/mol. The van der Waals surface area contributed by atoms with Crippen molar-refractivity contribution >= 4 is 71.9 Å². The largest absolute Gasteiger partial charge is 0.508 e. The zero-order chi connectivity index (χ0) is 35.0. The Morgan fingerprint density at radius 1 is 0.314 bits per heavy atom. The van der Waals surface area contributed by atoms with Crippen molar-refractivity contribution in [2.24, 2.45) is 30.7 Å². The van der Waals surface area contributed by atoms with Gasteiger partial charge >= 0.3 is 21.4 Å². The molecule has 0 saturated carbocycles. The Kier molecular flexibility index (Phi) is 10.0. The van der Waals surface area contributed by atoms with Crippen molar-refractivity contribution in [3.8, 4) is 17.2 Å². The molecular weight excluding hydrogens is 645 g/mol. The number of benzene rings is 6. The molecule has 0 unspecified atom stereocenters. The fourth-order valence-electron chi connectivity index (χ4n) is 5.08. The maximum atomic E-state index is 11.0. The molecule has 1 fully saturated rings. The van der Waals surface area contributed by atoms with E-state index in [1.165, 1.54) is 18.2 Å². The molecule has 0 atom stereocenters. The Morgan fingerprint density at radius 3 is 0.843 bits per heavy atom. The molecule has 0 bridgehead atoms. The molecule has 0 spiro atoms. The molecule has 0 amide bonds. The van der Waals surface area contributed by atoms with Gasteiger partial charge < -0.3 is 29.0 Å². The van der Waals surface area contributed by atoms with Gasteiger partial charge in [-0.1, -0.05) is 54.6 Å². The summed E-state index contributed by atoms with van der Waals surface area (Å²) in [5.74, 6) is -0.452. The fraction of sp³-hybridized carbons (Fsp3) is 0. The first kappa shape index (κ1) is 33.1. The highest BCUT2D eigenvalue weighted by Gasteiger charge is 2.46. The topological polar surface area (TPSA) is 163 Å². The lowest BCUT2D eigenvalue weighted by molar-refractivity contribution is 0.306. The molecule has 0 aliphatic carbocycles. The molecule has 3 N–H and O–H groups in total. The molecule has 1 aliphatic rings. The Balaban J connectivity index is 1.25. The minimum atomic E-state index is -1.27. The van der Waals surface area contributed by atoms with Crippen LogP contribution in [0.1, 0.15) is 0 Å². The fourth-order valence-corrected chi connectivity index (χ4v) is 5.08. The van der Waals surface area contributed by atoms with Gasteiger partial charge in [0.25, 0.3) is 0 Å². The monoisotopic (exact) mass is 672 g/mol. The minimum absolute atomic E-state index is 0.151. The smallest absolute Gasteiger partial charge is 0.470 e. The predicted molar refractivity (Wildman–Crippen MR) is 196 cm³/mol. The van der Waals surface area contributed by atoms with Crippen molar-refractivity contribution < 1.29 is 29.0 Å². The number of rotatable bonds is 9. The summed E-state index contributed by atoms with van der Waals surface area (Å²) in [6.07, 6.45) is 0. The van der Waals surface area contributed by atoms with Crippen molar-refractivity contribution in [1.29, 1.82) is 0 Å². The standard InChI is InChI=1S/C36H27B3N6O6/c46-34-19-16-28(43-40-25-10-4-1-5-11-25)22-31(34)37-49-38(32-23-29(17-20-35(32)47)44-41-26-12-6-2-7-13-26)51-39(50-37)33-24-30(18-21-36(33)48)45-42-27-14-8-3-9-15-27/h1-24,46-48H. The molecule has 0 aromatic heterocycles. The van der Waals surface area contributed by atoms with E-state index in [1.807, 2.05) is 91.0 Å². The quantitative estimate of drug-likeness (QED) is 0.106. The van der Waals surface area contributed by atoms with Crippen molar-refractivity contribution in [3.05, 3.63) is 146 Å². The summed E-state index contributed by atoms with van der Waals surface area (Å²) in [7, 11) is -3.82. The van der Waals surface area contributed by atoms with Crippen LogP contribution in [0.25, 0.3) is 0 Å². The first-order valence-corrected chi connectivity index (χ1v) is 15.8. The van der Waals surface area contributed by atoms with E-state index in [1.54, 1.807) is 36.4 Å². The third kappa shape index (κ3) is 8.25. The van der Waals surface area contributed by atoms with Gasteiger partial charge in [0, 0.05) is 16.4 Å². The highest BCUT2D eigenvalue weighted by Crippen LogP contribution is 2.26. The Bertz CT molecular complexity index is 1960. The third-order valence-corrected chi connectivity index (χ3v) is 7.65. The van der Waals surface area contributed by atoms with Crippen LogP contribution < -0.4 is 16.4 Å². The highest BCUT2D eigenvalue weighted by molar-refractivity contribution is 6.88. The molecule has 0 radical (unpaired) electrons. The van der Waals surface area contributed by atoms with E-state index >= 15 is 0 Å². The number of nitrogens with zero attached hydrogens (tertiary/aromatic N) is 6. The Hall–Kier alpha value is -6.41. The summed E-state index contributed by atoms with van der Waals surface area (Å²) in [5.41, 5.74) is 3.79. The van der Waals surface area contributed by atoms with Gasteiger partial charge in [0.15, 0.2) is 0 Å². The lowest BCUT2D eigenvalue weighted by Crippen LogP contribution is -2.61. The molecule has 6 aromatic carbocycles. The average Bonchev–Trinajstić information content (AvgIpc) is 3.18. The minimum Gasteiger partial charge on any atom is -0.508 e. The number of hydrogen-bond acceptors (Lipinski definition) is 12. The first-order valence-electron chi connectivity index (χ1n) is 15.8. The van der Waals surface area contributed by atoms with Crippen molar-refractivity contribution in [3.63, 3.8) is 0 Å². The van der Waals surface area contributed by atoms with Crippen molar-refractivity contribution in [2.75, 3.05) is 0 Å². The van der Waals surface area contributed by atoms with Crippen LogP contribution in [0.2, 0.25) is 0 Å². The summed E-state index contributed by atoms with van der Waals surface area (Å²) < 4.78 is 18.8. The van der Waals surface area contributed by atoms with Crippen LogP contribution in [0.5, 0.6) is 17.2 Å². The molecule has 246 valence electrons. The van der Waals surface area contributed by atoms with E-state index in [4.69, 9.17) is 13.7 Å². The van der Waals surface area contributed by atoms with Crippen LogP contribution in [0.15, 0.2) is 176 Å². The van der Waals surface area contributed by atoms with Gasteiger partial charge in [-0.05, 0) is 91.0 Å². The van der Waals surface area contributed by atoms with E-state index in [-0.39, 0.29) is 33.6 Å². The van der Waals surface area contributed by atoms with Crippen LogP contribution in [0, 0.1) is 0 Å². The maximum absolute atomic E-state index is 11.0. The number of hydrogen-bond donors (Lipinski definition) is 3. The molecule has 1 heterocycles. The van der Waals surface area contributed by atoms with Gasteiger partial charge in [-0.25, -0.2) is 0 Å². The van der Waals surface area contributed by atoms with Crippen LogP contribution in [-0.2, 0) is 13.7 Å². The van der Waals surface area contributed by atoms with E-state index < -0.39 is 21.4 Å². The van der Waals surface area contributed by atoms with Crippen LogP contribution in [-0.4, -0.2) is 36.7 Å². The molecule has 15 heteroatoms. The Morgan fingerprint density at radius 2 is 0.569 bits per heavy atom. The van der Waals surface area contributed by atoms with Gasteiger partial charge in [0.2, 0.25) is 0 Å². The summed E-state index contributed by atoms with van der Waals surface area (Å²) in [6, 6.07) is 41.4. The number of phenols is 3. The van der Waals surface area contributed by atoms with E-state index in [0.29, 0.717) is 34.1 Å². The van der Waals surface area contributed by atoms with Crippen molar-refractivity contribution in [2.45, 2.75) is 0 Å². The number of azo groups is 3. The first-order chi connectivity index (χ1) is 25.0. The van der Waals surface area contributed by atoms with Crippen LogP contribution in [0.3, 0.4) is 0 Å². The molecule has 7 rings (SSSR count). The summed E-state index contributed by atoms with van der Waals surface area (Å²) >= 11 is 0. The lowest BCUT2D eigenvalue weighted by Gasteiger charge is -2.32. The van der Waals surface area contributed by atoms with Crippen LogP contribution >= 0.6 is 0 Å². The second kappa shape index (κ2) is 15.4. The summed E-state index contributed by atoms with van der Waals surface area (Å²) in [4.78, 5) is 0. The predicted octanol–water partition coefficient (Wildman–Crippen LogP) is 7.60. The molecule has 6 aromatic rings. The summed E-state index contributed by atoms with van der Waals surface area (Å²) in [6.45, 7) is 0. The van der Waals surface area contributed by atoms with E-state index in [9.17, 15) is 15.3 Å². The highest BCUT2D eigenvalue weighted by atomic mass is 16.7. The lowest BCUT2D eigenvalue weighted by atomic mass is 9.61. The van der Waals surface area contributed by atoms with Gasteiger partial charge in [0.05, 0.1) is 34.1 Å². The van der Waals surface area contributed by atoms with E-state index in [2.05, 4.69) is 30.7 Å².